The standard InChI is InChI=1S/C43H28N12O27S6.O3S/c44-35-28(15-31(85(70,71)72)21-5-8-26(39(58)34(21)35)48-46-24-7-2-18(55(62)63)12-23(24)43(60)61)50-49-27-9-4-20-22(40(27)88(79,80)81)14-33(87(76,77)78)36(38(20)57)51-45-17-1-6-25(32(11-17)86(73,74)75)47-52-37-41(82-16-56)53-54(42(37)59)29-13-19(83(64,65)66)3-10-30(29)84(67,68)69;1-4(2)3/h1-16,57-59H,44H2,(H,60,61)(H,64,65,66)(H,67,68,69)(H,70,71,72)(H,73,74,75)(H,76,77,78)(H,79,80,81);. The van der Waals surface area contributed by atoms with E-state index in [9.17, 15) is 118 Å². The molecule has 42 nitrogen and oxygen atoms in total. The molecule has 0 atom stereocenters. The summed E-state index contributed by atoms with van der Waals surface area (Å²) in [6.45, 7) is -0.327. The van der Waals surface area contributed by atoms with Crippen molar-refractivity contribution in [3.05, 3.63) is 107 Å². The molecule has 482 valence electrons. The van der Waals surface area contributed by atoms with E-state index in [4.69, 9.17) is 18.4 Å². The molecular formula is C43H28N12O30S7. The summed E-state index contributed by atoms with van der Waals surface area (Å²) in [5, 5.41) is 84.3. The van der Waals surface area contributed by atoms with Crippen LogP contribution in [0.2, 0.25) is 0 Å². The van der Waals surface area contributed by atoms with Gasteiger partial charge in [-0.05, 0) is 72.8 Å². The van der Waals surface area contributed by atoms with Gasteiger partial charge >= 0.3 is 16.6 Å². The average molecular weight is 1420 g/mol. The maximum atomic E-state index is 13.1. The Kier molecular flexibility index (Phi) is 18.9. The molecule has 12 N–H and O–H groups in total. The van der Waals surface area contributed by atoms with Crippen molar-refractivity contribution in [2.45, 2.75) is 29.4 Å². The molecular weight excluding hydrogens is 1390 g/mol. The third-order valence-electron chi connectivity index (χ3n) is 11.6. The second-order valence-electron chi connectivity index (χ2n) is 17.2. The Bertz CT molecular complexity index is 5530. The number of carbonyl (C=O) groups is 2. The number of hydrogen-bond acceptors (Lipinski definition) is 33. The van der Waals surface area contributed by atoms with Gasteiger partial charge < -0.3 is 30.9 Å². The molecule has 1 aromatic heterocycles. The maximum absolute atomic E-state index is 13.1. The molecule has 0 aliphatic carbocycles. The van der Waals surface area contributed by atoms with Crippen LogP contribution < -0.4 is 10.5 Å². The van der Waals surface area contributed by atoms with Crippen LogP contribution in [0.4, 0.5) is 56.9 Å². The molecule has 0 fully saturated rings. The van der Waals surface area contributed by atoms with E-state index in [1.807, 2.05) is 0 Å². The Hall–Kier alpha value is -10.7. The quantitative estimate of drug-likeness (QED) is 0.0108. The number of carboxylic acid groups (broad SMARTS) is 1. The molecule has 8 aromatic rings. The highest BCUT2D eigenvalue weighted by molar-refractivity contribution is 7.87. The van der Waals surface area contributed by atoms with E-state index in [-0.39, 0.29) is 11.2 Å². The molecule has 0 saturated heterocycles. The SMILES string of the molecule is Nc1c(N=Nc2ccc3c(O)c(N=Nc4ccc(N=Nc5c(OC=O)nn(-c6cc(S(=O)(=O)O)ccc6S(=O)(=O)O)c5O)c(S(=O)(=O)O)c4)c(S(=O)(=O)O)cc3c2S(=O)(=O)O)cc(S(=O)(=O)O)c2ccc(N=Nc3ccc([N+](=O)[O-])cc3C(=O)O)c(O)c12.O=S(=O)=O. The van der Waals surface area contributed by atoms with Crippen LogP contribution in [0.3, 0.4) is 0 Å². The normalized spacial score (nSPS) is 12.7. The van der Waals surface area contributed by atoms with Crippen molar-refractivity contribution in [1.29, 1.82) is 0 Å². The Morgan fingerprint density at radius 3 is 1.65 bits per heavy atom. The molecule has 0 radical (unpaired) electrons. The highest BCUT2D eigenvalue weighted by atomic mass is 32.2. The minimum absolute atomic E-state index is 0.117. The van der Waals surface area contributed by atoms with Crippen molar-refractivity contribution < 1.29 is 130 Å². The highest BCUT2D eigenvalue weighted by Gasteiger charge is 2.31. The number of carboxylic acids is 1. The number of nitrogen functional groups attached to an aromatic ring is 1. The van der Waals surface area contributed by atoms with E-state index < -0.39 is 225 Å². The fraction of sp³-hybridized carbons (Fsp3) is 0. The van der Waals surface area contributed by atoms with Gasteiger partial charge in [0.2, 0.25) is 11.6 Å². The number of azo groups is 4. The molecule has 0 spiro atoms. The van der Waals surface area contributed by atoms with Gasteiger partial charge in [0.05, 0.1) is 37.8 Å². The van der Waals surface area contributed by atoms with Gasteiger partial charge in [0, 0.05) is 28.3 Å². The van der Waals surface area contributed by atoms with Crippen LogP contribution in [0.15, 0.2) is 161 Å². The van der Waals surface area contributed by atoms with Crippen LogP contribution in [0.25, 0.3) is 27.2 Å². The maximum Gasteiger partial charge on any atom is 0.425 e. The van der Waals surface area contributed by atoms with E-state index in [0.29, 0.717) is 54.6 Å². The summed E-state index contributed by atoms with van der Waals surface area (Å²) in [5.74, 6) is -6.51. The van der Waals surface area contributed by atoms with Crippen molar-refractivity contribution >= 4 is 162 Å². The third-order valence-corrected chi connectivity index (χ3v) is 16.9. The van der Waals surface area contributed by atoms with E-state index in [1.165, 1.54) is 0 Å². The molecule has 8 rings (SSSR count). The number of nitrogens with zero attached hydrogens (tertiary/aromatic N) is 11. The number of ether oxygens (including phenoxy) is 1. The van der Waals surface area contributed by atoms with E-state index in [2.05, 4.69) is 50.7 Å². The van der Waals surface area contributed by atoms with E-state index in [1.54, 1.807) is 0 Å². The number of aromatic nitrogens is 2. The molecule has 0 unspecified atom stereocenters. The minimum atomic E-state index is -5.72. The topological polar surface area (TPSA) is 688 Å². The number of phenolic OH excluding ortho intramolecular Hbond substituents is 2. The number of benzene rings is 7. The van der Waals surface area contributed by atoms with Gasteiger partial charge in [-0.15, -0.1) is 53.5 Å². The Morgan fingerprint density at radius 1 is 0.554 bits per heavy atom. The first-order chi connectivity index (χ1) is 42.4. The Balaban J connectivity index is 0.00000291. The van der Waals surface area contributed by atoms with Gasteiger partial charge in [0.1, 0.15) is 58.6 Å². The number of nitrogens with two attached hydrogens (primary N) is 1. The Labute approximate surface area is 511 Å². The van der Waals surface area contributed by atoms with Gasteiger partial charge in [-0.3, -0.25) is 42.2 Å². The number of rotatable bonds is 19. The number of hydrogen-bond donors (Lipinski definition) is 11. The molecule has 0 amide bonds. The van der Waals surface area contributed by atoms with Crippen LogP contribution in [0.5, 0.6) is 23.3 Å². The fourth-order valence-electron chi connectivity index (χ4n) is 7.85. The number of aromatic carboxylic acids is 1. The summed E-state index contributed by atoms with van der Waals surface area (Å²) in [7, 11) is -35.8. The molecule has 49 heteroatoms. The zero-order valence-corrected chi connectivity index (χ0v) is 49.4. The lowest BCUT2D eigenvalue weighted by molar-refractivity contribution is -0.384. The van der Waals surface area contributed by atoms with E-state index >= 15 is 0 Å². The minimum Gasteiger partial charge on any atom is -0.505 e. The number of carbonyl (C=O) groups excluding carboxylic acids is 1. The summed E-state index contributed by atoms with van der Waals surface area (Å²) in [6.07, 6.45) is 0. The first-order valence-corrected chi connectivity index (χ1v) is 32.5. The van der Waals surface area contributed by atoms with Crippen LogP contribution >= 0.6 is 0 Å². The van der Waals surface area contributed by atoms with Gasteiger partial charge in [0.25, 0.3) is 78.7 Å². The summed E-state index contributed by atoms with van der Waals surface area (Å²) in [5.41, 5.74) is -3.57. The first-order valence-electron chi connectivity index (χ1n) is 22.9. The number of fused-ring (bicyclic) bond motifs is 2. The lowest BCUT2D eigenvalue weighted by atomic mass is 10.1. The molecule has 0 aliphatic heterocycles. The van der Waals surface area contributed by atoms with Gasteiger partial charge in [-0.25, -0.2) is 4.79 Å². The molecule has 1 heterocycles. The molecule has 92 heavy (non-hydrogen) atoms. The van der Waals surface area contributed by atoms with Crippen molar-refractivity contribution in [3.63, 3.8) is 0 Å². The van der Waals surface area contributed by atoms with Crippen molar-refractivity contribution in [2.75, 3.05) is 5.73 Å². The van der Waals surface area contributed by atoms with Gasteiger partial charge in [-0.2, -0.15) is 60.3 Å². The van der Waals surface area contributed by atoms with Crippen LogP contribution in [-0.2, 0) is 76.1 Å². The lowest BCUT2D eigenvalue weighted by Crippen LogP contribution is -2.09. The molecule has 0 aliphatic rings. The summed E-state index contributed by atoms with van der Waals surface area (Å²) in [6, 6.07) is 9.91. The second kappa shape index (κ2) is 25.3. The summed E-state index contributed by atoms with van der Waals surface area (Å²) >= 11 is 0. The smallest absolute Gasteiger partial charge is 0.425 e. The van der Waals surface area contributed by atoms with Crippen molar-refractivity contribution in [2.24, 2.45) is 40.9 Å². The number of nitro benzene ring substituents is 1. The summed E-state index contributed by atoms with van der Waals surface area (Å²) in [4.78, 5) is 26.1. The third kappa shape index (κ3) is 14.8. The van der Waals surface area contributed by atoms with Crippen LogP contribution in [0, 0.1) is 10.1 Å². The Morgan fingerprint density at radius 2 is 1.09 bits per heavy atom. The zero-order chi connectivity index (χ0) is 68.7. The average Bonchev–Trinajstić information content (AvgIpc) is 0.814. The van der Waals surface area contributed by atoms with Crippen molar-refractivity contribution in [1.82, 2.24) is 9.78 Å². The largest absolute Gasteiger partial charge is 0.505 e. The summed E-state index contributed by atoms with van der Waals surface area (Å²) < 4.78 is 241. The predicted molar refractivity (Wildman–Crippen MR) is 299 cm³/mol. The fourth-order valence-corrected chi connectivity index (χ4v) is 11.8. The van der Waals surface area contributed by atoms with Gasteiger partial charge in [0.15, 0.2) is 11.5 Å². The number of anilines is 1. The number of phenols is 2. The zero-order valence-electron chi connectivity index (χ0n) is 43.7. The van der Waals surface area contributed by atoms with Crippen LogP contribution in [-0.4, -0.2) is 138 Å². The lowest BCUT2D eigenvalue weighted by Gasteiger charge is -2.13. The second-order valence-corrected chi connectivity index (χ2v) is 26.0. The van der Waals surface area contributed by atoms with Crippen LogP contribution in [0.1, 0.15) is 10.4 Å². The van der Waals surface area contributed by atoms with E-state index in [0.717, 1.165) is 36.4 Å². The number of aromatic hydroxyl groups is 3. The first kappa shape index (κ1) is 68.8. The number of nitro groups is 1. The molecule has 7 aromatic carbocycles. The predicted octanol–water partition coefficient (Wildman–Crippen LogP) is 6.16. The molecule has 0 bridgehead atoms. The molecule has 0 saturated carbocycles. The van der Waals surface area contributed by atoms with Gasteiger partial charge in [-0.1, -0.05) is 6.07 Å². The highest BCUT2D eigenvalue weighted by Crippen LogP contribution is 2.49. The van der Waals surface area contributed by atoms with Crippen molar-refractivity contribution in [3.8, 4) is 28.9 Å². The monoisotopic (exact) mass is 1420 g/mol. The number of non-ortho nitro benzene ring substituents is 1.